The summed E-state index contributed by atoms with van der Waals surface area (Å²) in [7, 11) is -1.45. The molecule has 2 heterocycles. The number of thiazole rings is 1. The van der Waals surface area contributed by atoms with Crippen LogP contribution in [0.3, 0.4) is 0 Å². The maximum atomic E-state index is 12.3. The van der Waals surface area contributed by atoms with Crippen molar-refractivity contribution in [2.45, 2.75) is 18.1 Å². The number of nitrogens with one attached hydrogen (secondary N) is 1. The standard InChI is InChI=1S/C14H12BrN3O2S2/c1-8-3-5-10(6-4-8)14-16-7-11(21-14)22(19)18-13-12(15)9(2)17-20-13/h3-7,18H,1-2H3. The van der Waals surface area contributed by atoms with E-state index in [4.69, 9.17) is 4.52 Å². The number of nitrogens with zero attached hydrogens (tertiary/aromatic N) is 2. The van der Waals surface area contributed by atoms with Crippen molar-refractivity contribution in [3.8, 4) is 10.6 Å². The third-order valence-electron chi connectivity index (χ3n) is 2.94. The predicted octanol–water partition coefficient (Wildman–Crippen LogP) is 4.31. The van der Waals surface area contributed by atoms with Gasteiger partial charge in [0.2, 0.25) is 0 Å². The number of halogens is 1. The van der Waals surface area contributed by atoms with Crippen molar-refractivity contribution in [1.29, 1.82) is 0 Å². The molecule has 0 spiro atoms. The fraction of sp³-hybridized carbons (Fsp3) is 0.143. The van der Waals surface area contributed by atoms with Crippen molar-refractivity contribution in [2.75, 3.05) is 4.72 Å². The number of rotatable bonds is 4. The molecule has 22 heavy (non-hydrogen) atoms. The normalized spacial score (nSPS) is 12.3. The molecular weight excluding hydrogens is 386 g/mol. The van der Waals surface area contributed by atoms with Gasteiger partial charge in [0.05, 0.1) is 11.9 Å². The molecular formula is C14H12BrN3O2S2. The van der Waals surface area contributed by atoms with E-state index in [1.54, 1.807) is 13.1 Å². The molecule has 0 aliphatic heterocycles. The van der Waals surface area contributed by atoms with Crippen LogP contribution in [0, 0.1) is 13.8 Å². The number of benzene rings is 1. The first kappa shape index (κ1) is 15.4. The zero-order valence-electron chi connectivity index (χ0n) is 11.8. The van der Waals surface area contributed by atoms with Gasteiger partial charge in [0.15, 0.2) is 11.0 Å². The van der Waals surface area contributed by atoms with E-state index < -0.39 is 11.0 Å². The SMILES string of the molecule is Cc1ccc(-c2ncc(S(=O)Nc3onc(C)c3Br)s2)cc1. The maximum Gasteiger partial charge on any atom is 0.251 e. The summed E-state index contributed by atoms with van der Waals surface area (Å²) in [4.78, 5) is 4.33. The molecule has 1 atom stereocenters. The maximum absolute atomic E-state index is 12.3. The van der Waals surface area contributed by atoms with E-state index in [0.717, 1.165) is 10.6 Å². The number of aryl methyl sites for hydroxylation is 2. The summed E-state index contributed by atoms with van der Waals surface area (Å²) in [6.45, 7) is 3.83. The second-order valence-electron chi connectivity index (χ2n) is 4.63. The molecule has 1 unspecified atom stereocenters. The third kappa shape index (κ3) is 3.13. The highest BCUT2D eigenvalue weighted by molar-refractivity contribution is 9.10. The Morgan fingerprint density at radius 3 is 2.64 bits per heavy atom. The second-order valence-corrected chi connectivity index (χ2v) is 7.90. The van der Waals surface area contributed by atoms with Crippen LogP contribution in [0.4, 0.5) is 5.88 Å². The largest absolute Gasteiger partial charge is 0.336 e. The van der Waals surface area contributed by atoms with Crippen LogP contribution in [0.25, 0.3) is 10.6 Å². The highest BCUT2D eigenvalue weighted by Gasteiger charge is 2.16. The molecule has 114 valence electrons. The van der Waals surface area contributed by atoms with Crippen molar-refractivity contribution in [1.82, 2.24) is 10.1 Å². The average Bonchev–Trinajstić information content (AvgIpc) is 3.11. The number of anilines is 1. The molecule has 5 nitrogen and oxygen atoms in total. The molecule has 1 N–H and O–H groups in total. The lowest BCUT2D eigenvalue weighted by Crippen LogP contribution is -2.02. The predicted molar refractivity (Wildman–Crippen MR) is 91.3 cm³/mol. The zero-order chi connectivity index (χ0) is 15.7. The van der Waals surface area contributed by atoms with E-state index in [1.165, 1.54) is 16.9 Å². The van der Waals surface area contributed by atoms with Crippen LogP contribution in [-0.4, -0.2) is 14.3 Å². The molecule has 8 heteroatoms. The summed E-state index contributed by atoms with van der Waals surface area (Å²) in [5.74, 6) is 0.348. The van der Waals surface area contributed by atoms with Gasteiger partial charge in [-0.3, -0.25) is 4.72 Å². The summed E-state index contributed by atoms with van der Waals surface area (Å²) >= 11 is 4.72. The first-order valence-corrected chi connectivity index (χ1v) is 9.13. The fourth-order valence-corrected chi connectivity index (χ4v) is 3.98. The summed E-state index contributed by atoms with van der Waals surface area (Å²) in [5.41, 5.74) is 2.90. The van der Waals surface area contributed by atoms with Gasteiger partial charge in [-0.1, -0.05) is 35.0 Å². The van der Waals surface area contributed by atoms with Crippen molar-refractivity contribution in [3.05, 3.63) is 46.2 Å². The molecule has 0 aliphatic rings. The Kier molecular flexibility index (Phi) is 4.42. The van der Waals surface area contributed by atoms with Crippen LogP contribution in [-0.2, 0) is 11.0 Å². The molecule has 0 saturated carbocycles. The van der Waals surface area contributed by atoms with Crippen molar-refractivity contribution in [2.24, 2.45) is 0 Å². The van der Waals surface area contributed by atoms with Gasteiger partial charge in [0, 0.05) is 5.56 Å². The Morgan fingerprint density at radius 1 is 1.27 bits per heavy atom. The molecule has 1 aromatic carbocycles. The Balaban J connectivity index is 1.80. The Morgan fingerprint density at radius 2 is 2.00 bits per heavy atom. The third-order valence-corrected chi connectivity index (χ3v) is 6.26. The lowest BCUT2D eigenvalue weighted by Gasteiger charge is -1.99. The summed E-state index contributed by atoms with van der Waals surface area (Å²) in [6.07, 6.45) is 1.61. The van der Waals surface area contributed by atoms with E-state index >= 15 is 0 Å². The lowest BCUT2D eigenvalue weighted by molar-refractivity contribution is 0.431. The van der Waals surface area contributed by atoms with Gasteiger partial charge < -0.3 is 4.52 Å². The number of hydrogen-bond acceptors (Lipinski definition) is 5. The molecule has 3 aromatic rings. The molecule has 0 fully saturated rings. The minimum atomic E-state index is -1.45. The Hall–Kier alpha value is -1.51. The van der Waals surface area contributed by atoms with E-state index in [2.05, 4.69) is 30.8 Å². The van der Waals surface area contributed by atoms with Gasteiger partial charge in [0.1, 0.15) is 13.7 Å². The van der Waals surface area contributed by atoms with Gasteiger partial charge in [-0.15, -0.1) is 11.3 Å². The molecule has 0 saturated heterocycles. The summed E-state index contributed by atoms with van der Waals surface area (Å²) in [5, 5.41) is 4.62. The van der Waals surface area contributed by atoms with Crippen LogP contribution in [0.1, 0.15) is 11.3 Å². The lowest BCUT2D eigenvalue weighted by atomic mass is 10.2. The first-order chi connectivity index (χ1) is 10.5. The topological polar surface area (TPSA) is 68.0 Å². The van der Waals surface area contributed by atoms with Gasteiger partial charge in [-0.05, 0) is 29.8 Å². The van der Waals surface area contributed by atoms with E-state index in [1.807, 2.05) is 31.2 Å². The molecule has 2 aromatic heterocycles. The van der Waals surface area contributed by atoms with E-state index in [-0.39, 0.29) is 0 Å². The van der Waals surface area contributed by atoms with Gasteiger partial charge in [0.25, 0.3) is 5.88 Å². The monoisotopic (exact) mass is 397 g/mol. The average molecular weight is 398 g/mol. The zero-order valence-corrected chi connectivity index (χ0v) is 15.0. The van der Waals surface area contributed by atoms with Gasteiger partial charge in [-0.25, -0.2) is 9.19 Å². The van der Waals surface area contributed by atoms with Crippen molar-refractivity contribution >= 4 is 44.1 Å². The van der Waals surface area contributed by atoms with Crippen LogP contribution in [0.15, 0.2) is 43.7 Å². The smallest absolute Gasteiger partial charge is 0.251 e. The van der Waals surface area contributed by atoms with Crippen LogP contribution < -0.4 is 4.72 Å². The molecule has 3 rings (SSSR count). The van der Waals surface area contributed by atoms with Gasteiger partial charge >= 0.3 is 0 Å². The number of hydrogen-bond donors (Lipinski definition) is 1. The minimum Gasteiger partial charge on any atom is -0.336 e. The fourth-order valence-electron chi connectivity index (χ4n) is 1.73. The highest BCUT2D eigenvalue weighted by Crippen LogP contribution is 2.30. The van der Waals surface area contributed by atoms with E-state index in [0.29, 0.717) is 20.3 Å². The first-order valence-electron chi connectivity index (χ1n) is 6.37. The van der Waals surface area contributed by atoms with Crippen LogP contribution in [0.2, 0.25) is 0 Å². The second kappa shape index (κ2) is 6.31. The quantitative estimate of drug-likeness (QED) is 0.711. The van der Waals surface area contributed by atoms with Crippen LogP contribution >= 0.6 is 27.3 Å². The molecule has 0 aliphatic carbocycles. The highest BCUT2D eigenvalue weighted by atomic mass is 79.9. The van der Waals surface area contributed by atoms with E-state index in [9.17, 15) is 4.21 Å². The Labute approximate surface area is 142 Å². The molecule has 0 radical (unpaired) electrons. The Bertz CT molecular complexity index is 827. The molecule has 0 bridgehead atoms. The summed E-state index contributed by atoms with van der Waals surface area (Å²) < 4.78 is 21.5. The minimum absolute atomic E-state index is 0.348. The molecule has 0 amide bonds. The van der Waals surface area contributed by atoms with Crippen molar-refractivity contribution in [3.63, 3.8) is 0 Å². The van der Waals surface area contributed by atoms with Crippen molar-refractivity contribution < 1.29 is 8.73 Å². The summed E-state index contributed by atoms with van der Waals surface area (Å²) in [6, 6.07) is 8.06. The number of aromatic nitrogens is 2. The van der Waals surface area contributed by atoms with Gasteiger partial charge in [-0.2, -0.15) is 0 Å². The van der Waals surface area contributed by atoms with Crippen LogP contribution in [0.5, 0.6) is 0 Å².